The number of amides is 3. The van der Waals surface area contributed by atoms with Crippen LogP contribution >= 0.6 is 31.9 Å². The van der Waals surface area contributed by atoms with Gasteiger partial charge < -0.3 is 36.1 Å². The lowest BCUT2D eigenvalue weighted by molar-refractivity contribution is -0.145. The molecule has 3 unspecified atom stereocenters. The number of carbonyl (C=O) groups is 4. The van der Waals surface area contributed by atoms with Gasteiger partial charge in [-0.15, -0.1) is 0 Å². The van der Waals surface area contributed by atoms with Crippen LogP contribution in [0.25, 0.3) is 0 Å². The van der Waals surface area contributed by atoms with Crippen molar-refractivity contribution < 1.29 is 38.9 Å². The highest BCUT2D eigenvalue weighted by Gasteiger charge is 2.28. The van der Waals surface area contributed by atoms with Gasteiger partial charge in [-0.3, -0.25) is 14.4 Å². The molecule has 0 bridgehead atoms. The molecule has 1 aliphatic carbocycles. The molecule has 3 aromatic rings. The SMILES string of the molecule is CC(=O)NC(Cc1ccc(OC(C(=O)O)c2cc(Br)cc(Br)c2O)cc1)C(=O)NC(C)c1ccc(OCC2CCCCC2)c(C(N)=O)c1. The lowest BCUT2D eigenvalue weighted by Crippen LogP contribution is -2.48. The molecular formula is C35H39Br2N3O8. The summed E-state index contributed by atoms with van der Waals surface area (Å²) in [5, 5.41) is 25.8. The van der Waals surface area contributed by atoms with Gasteiger partial charge in [0.05, 0.1) is 22.7 Å². The molecule has 1 fully saturated rings. The normalized spacial score (nSPS) is 15.1. The molecule has 3 aromatic carbocycles. The fraction of sp³-hybridized carbons (Fsp3) is 0.371. The van der Waals surface area contributed by atoms with Crippen molar-refractivity contribution in [3.8, 4) is 17.2 Å². The fourth-order valence-electron chi connectivity index (χ4n) is 5.66. The summed E-state index contributed by atoms with van der Waals surface area (Å²) in [7, 11) is 0. The van der Waals surface area contributed by atoms with Crippen molar-refractivity contribution in [2.75, 3.05) is 6.61 Å². The molecule has 0 aliphatic heterocycles. The van der Waals surface area contributed by atoms with Gasteiger partial charge in [0.2, 0.25) is 17.9 Å². The molecule has 48 heavy (non-hydrogen) atoms. The molecule has 4 rings (SSSR count). The van der Waals surface area contributed by atoms with E-state index in [2.05, 4.69) is 42.5 Å². The Bertz CT molecular complexity index is 1640. The first-order chi connectivity index (χ1) is 22.8. The van der Waals surface area contributed by atoms with E-state index in [0.717, 1.165) is 12.8 Å². The molecular weight excluding hydrogens is 750 g/mol. The lowest BCUT2D eigenvalue weighted by Gasteiger charge is -2.23. The fourth-order valence-corrected chi connectivity index (χ4v) is 6.92. The number of hydrogen-bond donors (Lipinski definition) is 5. The highest BCUT2D eigenvalue weighted by Crippen LogP contribution is 2.37. The summed E-state index contributed by atoms with van der Waals surface area (Å²) in [5.74, 6) is -1.97. The van der Waals surface area contributed by atoms with Crippen LogP contribution in [0.15, 0.2) is 63.5 Å². The Hall–Kier alpha value is -4.10. The topological polar surface area (TPSA) is 177 Å². The second-order valence-corrected chi connectivity index (χ2v) is 13.7. The van der Waals surface area contributed by atoms with Gasteiger partial charge in [0.1, 0.15) is 23.3 Å². The average molecular weight is 790 g/mol. The van der Waals surface area contributed by atoms with E-state index < -0.39 is 41.9 Å². The Balaban J connectivity index is 1.43. The first-order valence-electron chi connectivity index (χ1n) is 15.6. The van der Waals surface area contributed by atoms with Gasteiger partial charge in [-0.05, 0) is 89.1 Å². The number of aliphatic carboxylic acids is 1. The number of primary amides is 1. The van der Waals surface area contributed by atoms with Crippen molar-refractivity contribution >= 4 is 55.6 Å². The third-order valence-corrected chi connectivity index (χ3v) is 9.26. The molecule has 0 aromatic heterocycles. The molecule has 0 spiro atoms. The molecule has 13 heteroatoms. The predicted octanol–water partition coefficient (Wildman–Crippen LogP) is 6.10. The smallest absolute Gasteiger partial charge is 0.349 e. The third kappa shape index (κ3) is 9.96. The van der Waals surface area contributed by atoms with Crippen LogP contribution < -0.4 is 25.8 Å². The Morgan fingerprint density at radius 3 is 2.29 bits per heavy atom. The number of benzene rings is 3. The van der Waals surface area contributed by atoms with Crippen LogP contribution in [0.5, 0.6) is 17.2 Å². The van der Waals surface area contributed by atoms with Crippen molar-refractivity contribution in [3.05, 3.63) is 85.8 Å². The number of phenols is 1. The maximum atomic E-state index is 13.4. The number of ether oxygens (including phenoxy) is 2. The van der Waals surface area contributed by atoms with Crippen molar-refractivity contribution in [3.63, 3.8) is 0 Å². The number of aromatic hydroxyl groups is 1. The second kappa shape index (κ2) is 16.8. The maximum absolute atomic E-state index is 13.4. The Kier molecular flexibility index (Phi) is 12.9. The molecule has 1 aliphatic rings. The number of carboxylic acids is 1. The molecule has 0 saturated heterocycles. The van der Waals surface area contributed by atoms with Crippen LogP contribution in [0.1, 0.15) is 85.1 Å². The van der Waals surface area contributed by atoms with E-state index in [-0.39, 0.29) is 29.0 Å². The van der Waals surface area contributed by atoms with Crippen molar-refractivity contribution in [2.45, 2.75) is 70.6 Å². The number of carbonyl (C=O) groups excluding carboxylic acids is 3. The number of phenolic OH excluding ortho intramolecular Hbond substituents is 1. The number of nitrogens with one attached hydrogen (secondary N) is 2. The zero-order valence-corrected chi connectivity index (χ0v) is 29.8. The highest BCUT2D eigenvalue weighted by molar-refractivity contribution is 9.11. The standard InChI is InChI=1S/C35H39Br2N3O8/c1-19(23-10-13-30(26(15-23)33(38)43)47-18-22-6-4-3-5-7-22)39-34(44)29(40-20(2)41)14-21-8-11-25(12-9-21)48-32(35(45)46)27-16-24(36)17-28(37)31(27)42/h8-13,15-17,19,22,29,32,42H,3-7,14,18H2,1-2H3,(H2,38,43)(H,39,44)(H,40,41)(H,45,46). The summed E-state index contributed by atoms with van der Waals surface area (Å²) in [4.78, 5) is 49.7. The number of nitrogens with two attached hydrogens (primary N) is 1. The minimum absolute atomic E-state index is 0.0499. The zero-order chi connectivity index (χ0) is 35.0. The van der Waals surface area contributed by atoms with Gasteiger partial charge in [0.25, 0.3) is 5.91 Å². The van der Waals surface area contributed by atoms with E-state index in [1.165, 1.54) is 32.3 Å². The van der Waals surface area contributed by atoms with Crippen molar-refractivity contribution in [1.82, 2.24) is 10.6 Å². The van der Waals surface area contributed by atoms with Gasteiger partial charge in [-0.1, -0.05) is 53.4 Å². The predicted molar refractivity (Wildman–Crippen MR) is 186 cm³/mol. The molecule has 256 valence electrons. The van der Waals surface area contributed by atoms with Gasteiger partial charge in [0, 0.05) is 23.4 Å². The van der Waals surface area contributed by atoms with Crippen LogP contribution in [0.4, 0.5) is 0 Å². The first-order valence-corrected chi connectivity index (χ1v) is 17.2. The van der Waals surface area contributed by atoms with Gasteiger partial charge >= 0.3 is 5.97 Å². The third-order valence-electron chi connectivity index (χ3n) is 8.20. The number of rotatable bonds is 14. The van der Waals surface area contributed by atoms with Crippen LogP contribution in [-0.4, -0.2) is 46.6 Å². The van der Waals surface area contributed by atoms with E-state index in [1.54, 1.807) is 55.5 Å². The second-order valence-electron chi connectivity index (χ2n) is 11.9. The summed E-state index contributed by atoms with van der Waals surface area (Å²) in [6.45, 7) is 3.59. The monoisotopic (exact) mass is 787 g/mol. The van der Waals surface area contributed by atoms with E-state index >= 15 is 0 Å². The highest BCUT2D eigenvalue weighted by atomic mass is 79.9. The summed E-state index contributed by atoms with van der Waals surface area (Å²) in [6, 6.07) is 13.1. The Morgan fingerprint density at radius 2 is 1.67 bits per heavy atom. The molecule has 3 atom stereocenters. The largest absolute Gasteiger partial charge is 0.506 e. The zero-order valence-electron chi connectivity index (χ0n) is 26.6. The van der Waals surface area contributed by atoms with E-state index in [4.69, 9.17) is 15.2 Å². The van der Waals surface area contributed by atoms with E-state index in [1.807, 2.05) is 0 Å². The molecule has 6 N–H and O–H groups in total. The van der Waals surface area contributed by atoms with Crippen LogP contribution in [0, 0.1) is 5.92 Å². The molecule has 11 nitrogen and oxygen atoms in total. The molecule has 0 heterocycles. The van der Waals surface area contributed by atoms with Gasteiger partial charge in [0.15, 0.2) is 0 Å². The van der Waals surface area contributed by atoms with E-state index in [0.29, 0.717) is 38.3 Å². The molecule has 3 amide bonds. The summed E-state index contributed by atoms with van der Waals surface area (Å²) in [6.07, 6.45) is 4.41. The summed E-state index contributed by atoms with van der Waals surface area (Å²) >= 11 is 6.50. The molecule has 0 radical (unpaired) electrons. The number of carboxylic acid groups (broad SMARTS) is 1. The van der Waals surface area contributed by atoms with E-state index in [9.17, 15) is 29.4 Å². The number of halogens is 2. The van der Waals surface area contributed by atoms with Crippen molar-refractivity contribution in [2.24, 2.45) is 11.7 Å². The average Bonchev–Trinajstić information content (AvgIpc) is 3.04. The quantitative estimate of drug-likeness (QED) is 0.130. The number of hydrogen-bond acceptors (Lipinski definition) is 7. The summed E-state index contributed by atoms with van der Waals surface area (Å²) < 4.78 is 12.6. The van der Waals surface area contributed by atoms with Gasteiger partial charge in [-0.2, -0.15) is 0 Å². The van der Waals surface area contributed by atoms with Gasteiger partial charge in [-0.25, -0.2) is 4.79 Å². The maximum Gasteiger partial charge on any atom is 0.349 e. The minimum atomic E-state index is -1.50. The minimum Gasteiger partial charge on any atom is -0.506 e. The van der Waals surface area contributed by atoms with Crippen LogP contribution in [0.3, 0.4) is 0 Å². The molecule has 1 saturated carbocycles. The Morgan fingerprint density at radius 1 is 0.979 bits per heavy atom. The van der Waals surface area contributed by atoms with Crippen LogP contribution in [-0.2, 0) is 20.8 Å². The first kappa shape index (κ1) is 36.7. The Labute approximate surface area is 295 Å². The van der Waals surface area contributed by atoms with Crippen molar-refractivity contribution in [1.29, 1.82) is 0 Å². The van der Waals surface area contributed by atoms with Crippen LogP contribution in [0.2, 0.25) is 0 Å². The summed E-state index contributed by atoms with van der Waals surface area (Å²) in [5.41, 5.74) is 7.27. The lowest BCUT2D eigenvalue weighted by atomic mass is 9.90.